The van der Waals surface area contributed by atoms with Gasteiger partial charge in [-0.05, 0) is 37.0 Å². The summed E-state index contributed by atoms with van der Waals surface area (Å²) in [6.45, 7) is 1.71. The third kappa shape index (κ3) is 4.07. The average molecular weight is 344 g/mol. The largest absolute Gasteiger partial charge is 0.396 e. The number of nitrogens with zero attached hydrogens (tertiary/aromatic N) is 4. The fourth-order valence-corrected chi connectivity index (χ4v) is 3.48. The van der Waals surface area contributed by atoms with Crippen LogP contribution in [0.2, 0.25) is 0 Å². The first-order valence-corrected chi connectivity index (χ1v) is 8.61. The smallest absolute Gasteiger partial charge is 0.149 e. The van der Waals surface area contributed by atoms with Crippen LogP contribution in [0, 0.1) is 11.2 Å². The fourth-order valence-electron chi connectivity index (χ4n) is 3.48. The maximum absolute atomic E-state index is 13.2. The molecule has 3 rings (SSSR count). The zero-order valence-corrected chi connectivity index (χ0v) is 14.8. The number of piperidine rings is 1. The molecule has 0 amide bonds. The summed E-state index contributed by atoms with van der Waals surface area (Å²) in [5, 5.41) is 10.1. The summed E-state index contributed by atoms with van der Waals surface area (Å²) in [6.07, 6.45) is 6.17. The SMILES string of the molecule is CN(C)c1cncc(N2CCCC(CO)(Cc3ccc(F)cc3)C2)n1. The monoisotopic (exact) mass is 344 g/mol. The van der Waals surface area contributed by atoms with Crippen LogP contribution in [0.4, 0.5) is 16.0 Å². The lowest BCUT2D eigenvalue weighted by molar-refractivity contribution is 0.105. The van der Waals surface area contributed by atoms with Gasteiger partial charge in [0, 0.05) is 32.6 Å². The third-order valence-electron chi connectivity index (χ3n) is 4.88. The van der Waals surface area contributed by atoms with E-state index in [1.807, 2.05) is 19.0 Å². The third-order valence-corrected chi connectivity index (χ3v) is 4.88. The van der Waals surface area contributed by atoms with E-state index in [2.05, 4.69) is 14.9 Å². The average Bonchev–Trinajstić information content (AvgIpc) is 2.64. The minimum absolute atomic E-state index is 0.0989. The number of anilines is 2. The Balaban J connectivity index is 1.80. The van der Waals surface area contributed by atoms with E-state index in [0.717, 1.165) is 43.0 Å². The number of aliphatic hydroxyl groups excluding tert-OH is 1. The summed E-state index contributed by atoms with van der Waals surface area (Å²) in [7, 11) is 3.88. The molecule has 0 spiro atoms. The second kappa shape index (κ2) is 7.35. The number of rotatable bonds is 5. The highest BCUT2D eigenvalue weighted by atomic mass is 19.1. The Morgan fingerprint density at radius 2 is 2.00 bits per heavy atom. The van der Waals surface area contributed by atoms with E-state index in [9.17, 15) is 9.50 Å². The number of benzene rings is 1. The van der Waals surface area contributed by atoms with Gasteiger partial charge in [-0.3, -0.25) is 4.98 Å². The van der Waals surface area contributed by atoms with Gasteiger partial charge >= 0.3 is 0 Å². The lowest BCUT2D eigenvalue weighted by Crippen LogP contribution is -2.47. The van der Waals surface area contributed by atoms with Gasteiger partial charge < -0.3 is 14.9 Å². The fraction of sp³-hybridized carbons (Fsp3) is 0.474. The van der Waals surface area contributed by atoms with E-state index in [-0.39, 0.29) is 17.8 Å². The molecule has 1 N–H and O–H groups in total. The number of aromatic nitrogens is 2. The Bertz CT molecular complexity index is 707. The number of hydrogen-bond acceptors (Lipinski definition) is 5. The molecule has 1 saturated heterocycles. The Kier molecular flexibility index (Phi) is 5.18. The van der Waals surface area contributed by atoms with Crippen LogP contribution < -0.4 is 9.80 Å². The van der Waals surface area contributed by atoms with Crippen LogP contribution in [0.3, 0.4) is 0 Å². The molecule has 1 atom stereocenters. The maximum atomic E-state index is 13.2. The molecular formula is C19H25FN4O. The van der Waals surface area contributed by atoms with E-state index in [1.165, 1.54) is 12.1 Å². The first-order chi connectivity index (χ1) is 12.0. The van der Waals surface area contributed by atoms with Gasteiger partial charge in [0.05, 0.1) is 19.0 Å². The number of aliphatic hydroxyl groups is 1. The Morgan fingerprint density at radius 1 is 1.24 bits per heavy atom. The van der Waals surface area contributed by atoms with Crippen molar-refractivity contribution in [2.45, 2.75) is 19.3 Å². The molecule has 6 heteroatoms. The summed E-state index contributed by atoms with van der Waals surface area (Å²) in [4.78, 5) is 13.1. The van der Waals surface area contributed by atoms with Crippen molar-refractivity contribution in [1.29, 1.82) is 0 Å². The standard InChI is InChI=1S/C19H25FN4O/c1-23(2)17-11-21-12-18(22-17)24-9-3-8-19(13-24,14-25)10-15-4-6-16(20)7-5-15/h4-7,11-12,25H,3,8-10,13-14H2,1-2H3. The summed E-state index contributed by atoms with van der Waals surface area (Å²) >= 11 is 0. The van der Waals surface area contributed by atoms with Gasteiger partial charge in [0.15, 0.2) is 0 Å². The van der Waals surface area contributed by atoms with Crippen molar-refractivity contribution >= 4 is 11.6 Å². The molecule has 2 aromatic rings. The van der Waals surface area contributed by atoms with Crippen LogP contribution in [0.15, 0.2) is 36.7 Å². The van der Waals surface area contributed by atoms with Crippen molar-refractivity contribution in [3.63, 3.8) is 0 Å². The summed E-state index contributed by atoms with van der Waals surface area (Å²) < 4.78 is 13.2. The molecule has 1 aromatic heterocycles. The van der Waals surface area contributed by atoms with E-state index in [1.54, 1.807) is 24.5 Å². The minimum atomic E-state index is -0.244. The maximum Gasteiger partial charge on any atom is 0.149 e. The molecule has 0 saturated carbocycles. The molecule has 5 nitrogen and oxygen atoms in total. The molecule has 0 aliphatic carbocycles. The van der Waals surface area contributed by atoms with Gasteiger partial charge in [-0.1, -0.05) is 12.1 Å². The Hall–Kier alpha value is -2.21. The van der Waals surface area contributed by atoms with Crippen LogP contribution in [-0.4, -0.2) is 48.9 Å². The highest BCUT2D eigenvalue weighted by molar-refractivity contribution is 5.45. The second-order valence-corrected chi connectivity index (χ2v) is 7.12. The van der Waals surface area contributed by atoms with Gasteiger partial charge in [0.25, 0.3) is 0 Å². The lowest BCUT2D eigenvalue weighted by Gasteiger charge is -2.42. The molecule has 25 heavy (non-hydrogen) atoms. The first kappa shape index (κ1) is 17.6. The van der Waals surface area contributed by atoms with Crippen molar-refractivity contribution < 1.29 is 9.50 Å². The number of hydrogen-bond donors (Lipinski definition) is 1. The molecule has 1 fully saturated rings. The Labute approximate surface area is 148 Å². The van der Waals surface area contributed by atoms with E-state index in [4.69, 9.17) is 0 Å². The van der Waals surface area contributed by atoms with Gasteiger partial charge in [0.2, 0.25) is 0 Å². The summed E-state index contributed by atoms with van der Waals surface area (Å²) in [5.74, 6) is 1.42. The van der Waals surface area contributed by atoms with Gasteiger partial charge in [-0.15, -0.1) is 0 Å². The van der Waals surface area contributed by atoms with Crippen LogP contribution in [0.5, 0.6) is 0 Å². The first-order valence-electron chi connectivity index (χ1n) is 8.61. The van der Waals surface area contributed by atoms with Gasteiger partial charge in [0.1, 0.15) is 17.5 Å². The topological polar surface area (TPSA) is 52.5 Å². The van der Waals surface area contributed by atoms with E-state index >= 15 is 0 Å². The van der Waals surface area contributed by atoms with Crippen LogP contribution >= 0.6 is 0 Å². The van der Waals surface area contributed by atoms with Crippen LogP contribution in [-0.2, 0) is 6.42 Å². The molecule has 2 heterocycles. The highest BCUT2D eigenvalue weighted by Crippen LogP contribution is 2.35. The molecule has 1 aliphatic heterocycles. The van der Waals surface area contributed by atoms with E-state index in [0.29, 0.717) is 6.54 Å². The normalized spacial score (nSPS) is 20.6. The molecular weight excluding hydrogens is 319 g/mol. The Morgan fingerprint density at radius 3 is 2.68 bits per heavy atom. The van der Waals surface area contributed by atoms with Gasteiger partial charge in [-0.25, -0.2) is 9.37 Å². The van der Waals surface area contributed by atoms with Crippen molar-refractivity contribution in [3.05, 3.63) is 48.0 Å². The predicted octanol–water partition coefficient (Wildman–Crippen LogP) is 2.50. The number of halogens is 1. The summed E-state index contributed by atoms with van der Waals surface area (Å²) in [5.41, 5.74) is 0.803. The highest BCUT2D eigenvalue weighted by Gasteiger charge is 2.35. The molecule has 0 bridgehead atoms. The molecule has 1 aliphatic rings. The molecule has 134 valence electrons. The van der Waals surface area contributed by atoms with Crippen molar-refractivity contribution in [3.8, 4) is 0 Å². The molecule has 1 unspecified atom stereocenters. The molecule has 1 aromatic carbocycles. The quantitative estimate of drug-likeness (QED) is 0.903. The zero-order chi connectivity index (χ0) is 17.9. The summed E-state index contributed by atoms with van der Waals surface area (Å²) in [6, 6.07) is 6.57. The van der Waals surface area contributed by atoms with Gasteiger partial charge in [-0.2, -0.15) is 0 Å². The lowest BCUT2D eigenvalue weighted by atomic mass is 9.76. The zero-order valence-electron chi connectivity index (χ0n) is 14.8. The van der Waals surface area contributed by atoms with E-state index < -0.39 is 0 Å². The van der Waals surface area contributed by atoms with Crippen LogP contribution in [0.1, 0.15) is 18.4 Å². The minimum Gasteiger partial charge on any atom is -0.396 e. The van der Waals surface area contributed by atoms with Crippen LogP contribution in [0.25, 0.3) is 0 Å². The van der Waals surface area contributed by atoms with Crippen molar-refractivity contribution in [1.82, 2.24) is 9.97 Å². The molecule has 0 radical (unpaired) electrons. The van der Waals surface area contributed by atoms with Crippen molar-refractivity contribution in [2.75, 3.05) is 43.6 Å². The van der Waals surface area contributed by atoms with Crippen molar-refractivity contribution in [2.24, 2.45) is 5.41 Å². The predicted molar refractivity (Wildman–Crippen MR) is 97.4 cm³/mol. The second-order valence-electron chi connectivity index (χ2n) is 7.12.